The van der Waals surface area contributed by atoms with Crippen LogP contribution in [0.25, 0.3) is 0 Å². The maximum Gasteiger partial charge on any atom is 0.387 e. The van der Waals surface area contributed by atoms with Crippen molar-refractivity contribution in [2.24, 2.45) is 5.92 Å². The number of carboxylic acid groups (broad SMARTS) is 1. The molecule has 0 amide bonds. The van der Waals surface area contributed by atoms with Crippen molar-refractivity contribution < 1.29 is 31.8 Å². The molecule has 0 aliphatic carbocycles. The smallest absolute Gasteiger partial charge is 0.387 e. The Kier molecular flexibility index (Phi) is 5.62. The zero-order valence-corrected chi connectivity index (χ0v) is 12.1. The van der Waals surface area contributed by atoms with Crippen molar-refractivity contribution in [3.63, 3.8) is 0 Å². The zero-order valence-electron chi connectivity index (χ0n) is 11.3. The van der Waals surface area contributed by atoms with Crippen molar-refractivity contribution in [1.82, 2.24) is 4.72 Å². The van der Waals surface area contributed by atoms with Gasteiger partial charge in [-0.3, -0.25) is 4.79 Å². The summed E-state index contributed by atoms with van der Waals surface area (Å²) in [6.45, 7) is -0.159. The molecule has 9 heteroatoms. The van der Waals surface area contributed by atoms with E-state index in [0.717, 1.165) is 12.1 Å². The first-order valence-corrected chi connectivity index (χ1v) is 7.42. The Hall–Kier alpha value is -1.74. The summed E-state index contributed by atoms with van der Waals surface area (Å²) in [6.07, 6.45) is 0. The highest BCUT2D eigenvalue weighted by molar-refractivity contribution is 7.89. The van der Waals surface area contributed by atoms with Crippen molar-refractivity contribution in [2.75, 3.05) is 0 Å². The minimum absolute atomic E-state index is 0.527. The molecular formula is C12H15F2NO5S. The number of benzene rings is 1. The lowest BCUT2D eigenvalue weighted by atomic mass is 10.1. The van der Waals surface area contributed by atoms with Gasteiger partial charge >= 0.3 is 12.6 Å². The highest BCUT2D eigenvalue weighted by atomic mass is 32.2. The fraction of sp³-hybridized carbons (Fsp3) is 0.417. The Morgan fingerprint density at radius 3 is 2.33 bits per heavy atom. The topological polar surface area (TPSA) is 92.7 Å². The van der Waals surface area contributed by atoms with Crippen LogP contribution in [0, 0.1) is 5.92 Å². The predicted octanol–water partition coefficient (Wildman–Crippen LogP) is 1.68. The summed E-state index contributed by atoms with van der Waals surface area (Å²) in [6, 6.07) is 3.38. The van der Waals surface area contributed by atoms with Crippen LogP contribution in [0.2, 0.25) is 0 Å². The molecule has 1 rings (SSSR count). The van der Waals surface area contributed by atoms with Gasteiger partial charge in [0.2, 0.25) is 10.0 Å². The number of carboxylic acids is 1. The van der Waals surface area contributed by atoms with Crippen LogP contribution in [0.1, 0.15) is 13.8 Å². The number of hydrogen-bond acceptors (Lipinski definition) is 4. The molecule has 21 heavy (non-hydrogen) atoms. The SMILES string of the molecule is CC(C)[C@@H](NS(=O)(=O)c1ccccc1OC(F)F)C(=O)O. The number of alkyl halides is 2. The number of rotatable bonds is 7. The van der Waals surface area contributed by atoms with Crippen molar-refractivity contribution in [3.05, 3.63) is 24.3 Å². The summed E-state index contributed by atoms with van der Waals surface area (Å²) in [7, 11) is -4.31. The lowest BCUT2D eigenvalue weighted by molar-refractivity contribution is -0.140. The molecule has 0 spiro atoms. The van der Waals surface area contributed by atoms with Crippen LogP contribution in [-0.2, 0) is 14.8 Å². The molecule has 0 unspecified atom stereocenters. The number of ether oxygens (including phenoxy) is 1. The lowest BCUT2D eigenvalue weighted by Gasteiger charge is -2.19. The van der Waals surface area contributed by atoms with Crippen molar-refractivity contribution in [2.45, 2.75) is 31.4 Å². The fourth-order valence-corrected chi connectivity index (χ4v) is 3.04. The molecule has 0 saturated carbocycles. The maximum atomic E-state index is 12.3. The number of sulfonamides is 1. The molecule has 1 atom stereocenters. The molecule has 1 aromatic rings. The molecule has 0 saturated heterocycles. The Morgan fingerprint density at radius 1 is 1.29 bits per heavy atom. The van der Waals surface area contributed by atoms with Gasteiger partial charge in [-0.2, -0.15) is 13.5 Å². The molecule has 2 N–H and O–H groups in total. The van der Waals surface area contributed by atoms with Gasteiger partial charge in [-0.05, 0) is 18.1 Å². The van der Waals surface area contributed by atoms with Gasteiger partial charge < -0.3 is 9.84 Å². The maximum absolute atomic E-state index is 12.3. The summed E-state index contributed by atoms with van der Waals surface area (Å²) in [5.74, 6) is -2.44. The Morgan fingerprint density at radius 2 is 1.86 bits per heavy atom. The van der Waals surface area contributed by atoms with Gasteiger partial charge in [0.1, 0.15) is 16.7 Å². The van der Waals surface area contributed by atoms with Crippen LogP contribution in [0.15, 0.2) is 29.2 Å². The number of aliphatic carboxylic acids is 1. The minimum atomic E-state index is -4.31. The Balaban J connectivity index is 3.16. The summed E-state index contributed by atoms with van der Waals surface area (Å²) < 4.78 is 55.0. The average Bonchev–Trinajstić information content (AvgIpc) is 2.35. The van der Waals surface area contributed by atoms with E-state index in [9.17, 15) is 22.0 Å². The first-order valence-electron chi connectivity index (χ1n) is 5.94. The van der Waals surface area contributed by atoms with Crippen molar-refractivity contribution in [1.29, 1.82) is 0 Å². The van der Waals surface area contributed by atoms with Crippen LogP contribution >= 0.6 is 0 Å². The normalized spacial score (nSPS) is 13.4. The summed E-state index contributed by atoms with van der Waals surface area (Å²) in [4.78, 5) is 10.5. The van der Waals surface area contributed by atoms with Gasteiger partial charge in [-0.15, -0.1) is 0 Å². The van der Waals surface area contributed by atoms with E-state index in [0.29, 0.717) is 0 Å². The summed E-state index contributed by atoms with van der Waals surface area (Å²) in [5, 5.41) is 8.99. The molecule has 0 bridgehead atoms. The molecule has 118 valence electrons. The minimum Gasteiger partial charge on any atom is -0.480 e. The second kappa shape index (κ2) is 6.81. The molecule has 0 fully saturated rings. The third-order valence-electron chi connectivity index (χ3n) is 2.57. The predicted molar refractivity (Wildman–Crippen MR) is 69.7 cm³/mol. The molecule has 0 aliphatic heterocycles. The molecule has 1 aromatic carbocycles. The summed E-state index contributed by atoms with van der Waals surface area (Å²) >= 11 is 0. The molecular weight excluding hydrogens is 308 g/mol. The molecule has 0 heterocycles. The van der Waals surface area contributed by atoms with Gasteiger partial charge in [-0.1, -0.05) is 26.0 Å². The van der Waals surface area contributed by atoms with Crippen LogP contribution in [0.4, 0.5) is 8.78 Å². The largest absolute Gasteiger partial charge is 0.480 e. The van der Waals surface area contributed by atoms with Gasteiger partial charge in [-0.25, -0.2) is 8.42 Å². The van der Waals surface area contributed by atoms with Gasteiger partial charge in [0.15, 0.2) is 0 Å². The number of nitrogens with one attached hydrogen (secondary N) is 1. The van der Waals surface area contributed by atoms with Gasteiger partial charge in [0.25, 0.3) is 0 Å². The quantitative estimate of drug-likeness (QED) is 0.796. The van der Waals surface area contributed by atoms with E-state index in [1.165, 1.54) is 26.0 Å². The van der Waals surface area contributed by atoms with Gasteiger partial charge in [0, 0.05) is 0 Å². The van der Waals surface area contributed by atoms with E-state index in [1.54, 1.807) is 0 Å². The van der Waals surface area contributed by atoms with E-state index in [-0.39, 0.29) is 0 Å². The number of para-hydroxylation sites is 1. The molecule has 6 nitrogen and oxygen atoms in total. The van der Waals surface area contributed by atoms with Crippen molar-refractivity contribution in [3.8, 4) is 5.75 Å². The fourth-order valence-electron chi connectivity index (χ4n) is 1.57. The molecule has 0 aliphatic rings. The van der Waals surface area contributed by atoms with Crippen LogP contribution < -0.4 is 9.46 Å². The summed E-state index contributed by atoms with van der Waals surface area (Å²) in [5.41, 5.74) is 0. The third kappa shape index (κ3) is 4.64. The lowest BCUT2D eigenvalue weighted by Crippen LogP contribution is -2.44. The Bertz CT molecular complexity index is 603. The standard InChI is InChI=1S/C12H15F2NO5S/c1-7(2)10(11(16)17)15-21(18,19)9-6-4-3-5-8(9)20-12(13)14/h3-7,10,12,15H,1-2H3,(H,16,17)/t10-/m1/s1. The Labute approximate surface area is 120 Å². The number of carbonyl (C=O) groups is 1. The van der Waals surface area contributed by atoms with E-state index >= 15 is 0 Å². The second-order valence-electron chi connectivity index (χ2n) is 4.51. The van der Waals surface area contributed by atoms with Gasteiger partial charge in [0.05, 0.1) is 0 Å². The monoisotopic (exact) mass is 323 g/mol. The molecule has 0 aromatic heterocycles. The third-order valence-corrected chi connectivity index (χ3v) is 4.05. The average molecular weight is 323 g/mol. The molecule has 0 radical (unpaired) electrons. The zero-order chi connectivity index (χ0) is 16.2. The number of halogens is 2. The number of hydrogen-bond donors (Lipinski definition) is 2. The highest BCUT2D eigenvalue weighted by Crippen LogP contribution is 2.25. The van der Waals surface area contributed by atoms with E-state index < -0.39 is 45.2 Å². The van der Waals surface area contributed by atoms with Crippen molar-refractivity contribution >= 4 is 16.0 Å². The second-order valence-corrected chi connectivity index (χ2v) is 6.19. The van der Waals surface area contributed by atoms with E-state index in [2.05, 4.69) is 4.74 Å². The van der Waals surface area contributed by atoms with Crippen LogP contribution in [0.3, 0.4) is 0 Å². The first-order chi connectivity index (χ1) is 9.65. The van der Waals surface area contributed by atoms with Crippen LogP contribution in [-0.4, -0.2) is 32.1 Å². The first kappa shape index (κ1) is 17.3. The van der Waals surface area contributed by atoms with Crippen LogP contribution in [0.5, 0.6) is 5.75 Å². The van der Waals surface area contributed by atoms with E-state index in [1.807, 2.05) is 4.72 Å². The van der Waals surface area contributed by atoms with E-state index in [4.69, 9.17) is 5.11 Å². The highest BCUT2D eigenvalue weighted by Gasteiger charge is 2.30.